The first-order chi connectivity index (χ1) is 13.8. The Kier molecular flexibility index (Phi) is 5.78. The van der Waals surface area contributed by atoms with E-state index in [1.807, 2.05) is 64.1 Å². The lowest BCUT2D eigenvalue weighted by Crippen LogP contribution is -2.04. The molecule has 0 amide bonds. The van der Waals surface area contributed by atoms with Crippen LogP contribution < -0.4 is 14.2 Å². The van der Waals surface area contributed by atoms with E-state index < -0.39 is 5.97 Å². The number of hydrogen-bond donors (Lipinski definition) is 1. The summed E-state index contributed by atoms with van der Waals surface area (Å²) in [5.74, 6) is 0.942. The molecule has 0 saturated carbocycles. The number of aryl methyl sites for hydroxylation is 2. The van der Waals surface area contributed by atoms with E-state index in [2.05, 4.69) is 0 Å². The van der Waals surface area contributed by atoms with Crippen LogP contribution in [0, 0.1) is 27.7 Å². The van der Waals surface area contributed by atoms with Gasteiger partial charge in [-0.05, 0) is 68.1 Å². The molecule has 0 aliphatic rings. The van der Waals surface area contributed by atoms with Crippen LogP contribution in [0.3, 0.4) is 0 Å². The minimum Gasteiger partial charge on any atom is -0.492 e. The van der Waals surface area contributed by atoms with Crippen molar-refractivity contribution in [1.82, 2.24) is 0 Å². The molecule has 3 aromatic rings. The zero-order valence-electron chi connectivity index (χ0n) is 17.2. The Hall–Kier alpha value is -3.47. The first-order valence-corrected chi connectivity index (χ1v) is 9.25. The van der Waals surface area contributed by atoms with Crippen LogP contribution >= 0.6 is 0 Å². The summed E-state index contributed by atoms with van der Waals surface area (Å²) in [5.41, 5.74) is 4.07. The second-order valence-corrected chi connectivity index (χ2v) is 6.91. The zero-order valence-corrected chi connectivity index (χ0v) is 17.2. The van der Waals surface area contributed by atoms with E-state index in [9.17, 15) is 9.90 Å². The van der Waals surface area contributed by atoms with Gasteiger partial charge in [0, 0.05) is 6.07 Å². The predicted octanol–water partition coefficient (Wildman–Crippen LogP) is 6.21. The van der Waals surface area contributed by atoms with Crippen LogP contribution in [0.1, 0.15) is 32.6 Å². The second kappa shape index (κ2) is 8.27. The minimum atomic E-state index is -1.13. The molecule has 0 aromatic heterocycles. The van der Waals surface area contributed by atoms with Gasteiger partial charge in [-0.1, -0.05) is 24.3 Å². The molecule has 5 nitrogen and oxygen atoms in total. The van der Waals surface area contributed by atoms with Crippen LogP contribution in [-0.4, -0.2) is 18.2 Å². The van der Waals surface area contributed by atoms with E-state index in [0.29, 0.717) is 17.2 Å². The quantitative estimate of drug-likeness (QED) is 0.540. The number of carboxylic acids is 1. The number of aromatic carboxylic acids is 1. The van der Waals surface area contributed by atoms with Crippen molar-refractivity contribution in [2.75, 3.05) is 7.11 Å². The zero-order chi connectivity index (χ0) is 21.1. The molecule has 3 rings (SSSR count). The van der Waals surface area contributed by atoms with Gasteiger partial charge < -0.3 is 19.3 Å². The highest BCUT2D eigenvalue weighted by atomic mass is 16.5. The van der Waals surface area contributed by atoms with Gasteiger partial charge in [-0.25, -0.2) is 4.79 Å². The Morgan fingerprint density at radius 1 is 0.793 bits per heavy atom. The fourth-order valence-electron chi connectivity index (χ4n) is 3.00. The number of benzene rings is 3. The Balaban J connectivity index is 2.10. The summed E-state index contributed by atoms with van der Waals surface area (Å²) in [6.07, 6.45) is 0. The van der Waals surface area contributed by atoms with Crippen molar-refractivity contribution in [1.29, 1.82) is 0 Å². The van der Waals surface area contributed by atoms with Crippen LogP contribution in [-0.2, 0) is 0 Å². The van der Waals surface area contributed by atoms with Gasteiger partial charge in [-0.3, -0.25) is 0 Å². The summed E-state index contributed by atoms with van der Waals surface area (Å²) in [6, 6.07) is 14.5. The molecule has 0 bridgehead atoms. The van der Waals surface area contributed by atoms with Gasteiger partial charge >= 0.3 is 5.97 Å². The summed E-state index contributed by atoms with van der Waals surface area (Å²) >= 11 is 0. The fraction of sp³-hybridized carbons (Fsp3) is 0.208. The molecule has 5 heteroatoms. The van der Waals surface area contributed by atoms with Crippen molar-refractivity contribution in [2.45, 2.75) is 27.7 Å². The summed E-state index contributed by atoms with van der Waals surface area (Å²) < 4.78 is 17.4. The van der Waals surface area contributed by atoms with E-state index in [4.69, 9.17) is 14.2 Å². The van der Waals surface area contributed by atoms with Crippen LogP contribution in [0.15, 0.2) is 48.5 Å². The van der Waals surface area contributed by atoms with E-state index in [1.54, 1.807) is 6.07 Å². The molecule has 0 radical (unpaired) electrons. The molecule has 0 spiro atoms. The molecule has 3 aromatic carbocycles. The lowest BCUT2D eigenvalue weighted by molar-refractivity contribution is 0.0692. The van der Waals surface area contributed by atoms with Crippen LogP contribution in [0.4, 0.5) is 0 Å². The van der Waals surface area contributed by atoms with Gasteiger partial charge in [0.2, 0.25) is 0 Å². The van der Waals surface area contributed by atoms with Crippen molar-refractivity contribution >= 4 is 5.97 Å². The van der Waals surface area contributed by atoms with Gasteiger partial charge in [0.25, 0.3) is 0 Å². The molecule has 0 atom stereocenters. The van der Waals surface area contributed by atoms with Crippen LogP contribution in [0.2, 0.25) is 0 Å². The fourth-order valence-corrected chi connectivity index (χ4v) is 3.00. The molecule has 0 aliphatic heterocycles. The normalized spacial score (nSPS) is 10.5. The topological polar surface area (TPSA) is 65.0 Å². The standard InChI is InChI=1S/C24H24O5/c1-14-8-6-10-20(16(14)3)28-18-12-19(24(25)26)23(27-5)22(13-18)29-21-11-7-9-15(2)17(21)4/h6-13H,1-5H3,(H,25,26). The Morgan fingerprint density at radius 3 is 1.86 bits per heavy atom. The largest absolute Gasteiger partial charge is 0.492 e. The minimum absolute atomic E-state index is 0.0318. The highest BCUT2D eigenvalue weighted by Crippen LogP contribution is 2.41. The third kappa shape index (κ3) is 4.19. The maximum atomic E-state index is 11.8. The summed E-state index contributed by atoms with van der Waals surface area (Å²) in [5, 5.41) is 9.68. The van der Waals surface area contributed by atoms with E-state index >= 15 is 0 Å². The SMILES string of the molecule is COc1c(Oc2cccc(C)c2C)cc(Oc2cccc(C)c2C)cc1C(=O)O. The molecule has 1 N–H and O–H groups in total. The van der Waals surface area contributed by atoms with Crippen molar-refractivity contribution in [3.05, 3.63) is 76.3 Å². The summed E-state index contributed by atoms with van der Waals surface area (Å²) in [4.78, 5) is 11.8. The molecule has 0 saturated heterocycles. The second-order valence-electron chi connectivity index (χ2n) is 6.91. The van der Waals surface area contributed by atoms with Crippen LogP contribution in [0.25, 0.3) is 0 Å². The van der Waals surface area contributed by atoms with Crippen molar-refractivity contribution in [2.24, 2.45) is 0 Å². The number of ether oxygens (including phenoxy) is 3. The highest BCUT2D eigenvalue weighted by Gasteiger charge is 2.21. The molecule has 0 unspecified atom stereocenters. The smallest absolute Gasteiger partial charge is 0.339 e. The summed E-state index contributed by atoms with van der Waals surface area (Å²) in [7, 11) is 1.42. The first kappa shape index (κ1) is 20.3. The van der Waals surface area contributed by atoms with Crippen molar-refractivity contribution < 1.29 is 24.1 Å². The van der Waals surface area contributed by atoms with Gasteiger partial charge in [0.1, 0.15) is 22.8 Å². The number of methoxy groups -OCH3 is 1. The Bertz CT molecular complexity index is 1070. The molecule has 150 valence electrons. The highest BCUT2D eigenvalue weighted by molar-refractivity contribution is 5.92. The molecular weight excluding hydrogens is 368 g/mol. The molecule has 0 heterocycles. The van der Waals surface area contributed by atoms with Gasteiger partial charge in [-0.2, -0.15) is 0 Å². The van der Waals surface area contributed by atoms with Gasteiger partial charge in [0.05, 0.1) is 7.11 Å². The number of carboxylic acid groups (broad SMARTS) is 1. The predicted molar refractivity (Wildman–Crippen MR) is 112 cm³/mol. The maximum Gasteiger partial charge on any atom is 0.339 e. The first-order valence-electron chi connectivity index (χ1n) is 9.25. The average molecular weight is 392 g/mol. The van der Waals surface area contributed by atoms with Crippen molar-refractivity contribution in [3.63, 3.8) is 0 Å². The van der Waals surface area contributed by atoms with Gasteiger partial charge in [0.15, 0.2) is 11.5 Å². The number of carbonyl (C=O) groups is 1. The molecule has 29 heavy (non-hydrogen) atoms. The Morgan fingerprint density at radius 2 is 1.34 bits per heavy atom. The summed E-state index contributed by atoms with van der Waals surface area (Å²) in [6.45, 7) is 7.89. The number of hydrogen-bond acceptors (Lipinski definition) is 4. The van der Waals surface area contributed by atoms with Gasteiger partial charge in [-0.15, -0.1) is 0 Å². The molecule has 0 aliphatic carbocycles. The maximum absolute atomic E-state index is 11.8. The Labute approximate surface area is 170 Å². The van der Waals surface area contributed by atoms with E-state index in [-0.39, 0.29) is 17.1 Å². The number of rotatable bonds is 6. The third-order valence-corrected chi connectivity index (χ3v) is 5.02. The van der Waals surface area contributed by atoms with E-state index in [1.165, 1.54) is 13.2 Å². The lowest BCUT2D eigenvalue weighted by Gasteiger charge is -2.17. The lowest BCUT2D eigenvalue weighted by atomic mass is 10.1. The van der Waals surface area contributed by atoms with Crippen LogP contribution in [0.5, 0.6) is 28.7 Å². The molecular formula is C24H24O5. The van der Waals surface area contributed by atoms with E-state index in [0.717, 1.165) is 22.3 Å². The molecule has 0 fully saturated rings. The average Bonchev–Trinajstić information content (AvgIpc) is 2.68. The third-order valence-electron chi connectivity index (χ3n) is 5.02. The monoisotopic (exact) mass is 392 g/mol. The van der Waals surface area contributed by atoms with Crippen molar-refractivity contribution in [3.8, 4) is 28.7 Å².